The number of rotatable bonds is 13. The second-order valence-corrected chi connectivity index (χ2v) is 9.55. The Labute approximate surface area is 248 Å². The number of halogens is 4. The standard InChI is InChI=1S/C29H28F4N6O5/c1-43-26(20-7-3-2-4-8-20)28(42)35-22-11-13-38(25(40)15-22)12-10-21(30)17-39-18-24(36-37-39)27(41)34-16-19-6-5-9-23(14-19)44-29(31,32)33/h2-9,11,13-15,18,21,26H,10,12,16-17H2,1H3,(H,34,41)(H,35,42)/t21?,26-/m1/s1. The SMILES string of the molecule is CO[C@@H](C(=O)Nc1ccn(CCC(F)Cn2cc(C(=O)NCc3cccc(OC(F)(F)F)c3)nn2)c(=O)c1)c1ccccc1. The molecule has 0 spiro atoms. The Morgan fingerprint density at radius 3 is 2.52 bits per heavy atom. The zero-order chi connectivity index (χ0) is 31.7. The molecule has 0 fully saturated rings. The highest BCUT2D eigenvalue weighted by Gasteiger charge is 2.31. The zero-order valence-electron chi connectivity index (χ0n) is 23.3. The molecule has 4 rings (SSSR count). The lowest BCUT2D eigenvalue weighted by Crippen LogP contribution is -2.25. The summed E-state index contributed by atoms with van der Waals surface area (Å²) in [5.41, 5.74) is 0.713. The van der Waals surface area contributed by atoms with E-state index in [1.807, 2.05) is 6.07 Å². The van der Waals surface area contributed by atoms with Crippen molar-refractivity contribution in [3.63, 3.8) is 0 Å². The van der Waals surface area contributed by atoms with Crippen molar-refractivity contribution in [2.75, 3.05) is 12.4 Å². The number of nitrogens with one attached hydrogen (secondary N) is 2. The molecule has 0 bridgehead atoms. The lowest BCUT2D eigenvalue weighted by molar-refractivity contribution is -0.274. The van der Waals surface area contributed by atoms with Crippen LogP contribution in [0.3, 0.4) is 0 Å². The van der Waals surface area contributed by atoms with Gasteiger partial charge in [0.25, 0.3) is 17.4 Å². The summed E-state index contributed by atoms with van der Waals surface area (Å²) in [5, 5.41) is 12.6. The van der Waals surface area contributed by atoms with Crippen molar-refractivity contribution in [2.45, 2.75) is 44.7 Å². The number of hydrogen-bond donors (Lipinski definition) is 2. The number of hydrogen-bond acceptors (Lipinski definition) is 7. The molecular formula is C29H28F4N6O5. The number of alkyl halides is 4. The second kappa shape index (κ2) is 14.4. The fraction of sp³-hybridized carbons (Fsp3) is 0.276. The van der Waals surface area contributed by atoms with Crippen molar-refractivity contribution in [3.8, 4) is 5.75 Å². The molecule has 11 nitrogen and oxygen atoms in total. The molecule has 15 heteroatoms. The van der Waals surface area contributed by atoms with E-state index in [-0.39, 0.29) is 37.4 Å². The minimum Gasteiger partial charge on any atom is -0.406 e. The maximum absolute atomic E-state index is 14.7. The zero-order valence-corrected chi connectivity index (χ0v) is 23.3. The third-order valence-electron chi connectivity index (χ3n) is 6.26. The molecule has 2 N–H and O–H groups in total. The van der Waals surface area contributed by atoms with E-state index in [9.17, 15) is 31.9 Å². The van der Waals surface area contributed by atoms with Crippen molar-refractivity contribution in [2.24, 2.45) is 0 Å². The maximum atomic E-state index is 14.7. The Balaban J connectivity index is 1.25. The first kappa shape index (κ1) is 31.9. The summed E-state index contributed by atoms with van der Waals surface area (Å²) in [4.78, 5) is 37.6. The second-order valence-electron chi connectivity index (χ2n) is 9.55. The Morgan fingerprint density at radius 1 is 1.05 bits per heavy atom. The molecule has 0 aliphatic rings. The van der Waals surface area contributed by atoms with Gasteiger partial charge in [-0.05, 0) is 35.7 Å². The number of carbonyl (C=O) groups excluding carboxylic acids is 2. The van der Waals surface area contributed by atoms with Gasteiger partial charge < -0.3 is 24.7 Å². The largest absolute Gasteiger partial charge is 0.573 e. The van der Waals surface area contributed by atoms with Gasteiger partial charge >= 0.3 is 6.36 Å². The maximum Gasteiger partial charge on any atom is 0.573 e. The van der Waals surface area contributed by atoms with Gasteiger partial charge in [0.15, 0.2) is 11.8 Å². The van der Waals surface area contributed by atoms with Gasteiger partial charge in [-0.25, -0.2) is 9.07 Å². The lowest BCUT2D eigenvalue weighted by Gasteiger charge is -2.16. The van der Waals surface area contributed by atoms with Crippen LogP contribution in [0.15, 0.2) is 83.9 Å². The van der Waals surface area contributed by atoms with E-state index in [1.165, 1.54) is 48.3 Å². The molecule has 2 aromatic carbocycles. The Morgan fingerprint density at radius 2 is 1.82 bits per heavy atom. The van der Waals surface area contributed by atoms with Crippen LogP contribution in [0.25, 0.3) is 0 Å². The number of aryl methyl sites for hydroxylation is 1. The van der Waals surface area contributed by atoms with Gasteiger partial charge in [0.05, 0.1) is 12.7 Å². The summed E-state index contributed by atoms with van der Waals surface area (Å²) in [6, 6.07) is 16.7. The van der Waals surface area contributed by atoms with Crippen LogP contribution in [-0.4, -0.2) is 51.0 Å². The van der Waals surface area contributed by atoms with E-state index >= 15 is 0 Å². The van der Waals surface area contributed by atoms with Gasteiger partial charge in [-0.2, -0.15) is 0 Å². The summed E-state index contributed by atoms with van der Waals surface area (Å²) >= 11 is 0. The van der Waals surface area contributed by atoms with Crippen molar-refractivity contribution in [3.05, 3.63) is 106 Å². The van der Waals surface area contributed by atoms with Gasteiger partial charge in [-0.1, -0.05) is 47.7 Å². The number of ether oxygens (including phenoxy) is 2. The molecule has 232 valence electrons. The molecule has 2 aromatic heterocycles. The fourth-order valence-corrected chi connectivity index (χ4v) is 4.19. The van der Waals surface area contributed by atoms with Crippen LogP contribution < -0.4 is 20.9 Å². The predicted octanol–water partition coefficient (Wildman–Crippen LogP) is 4.02. The van der Waals surface area contributed by atoms with Crippen LogP contribution in [-0.2, 0) is 29.2 Å². The minimum atomic E-state index is -4.84. The highest BCUT2D eigenvalue weighted by molar-refractivity contribution is 5.94. The van der Waals surface area contributed by atoms with Crippen molar-refractivity contribution >= 4 is 17.5 Å². The number of methoxy groups -OCH3 is 1. The van der Waals surface area contributed by atoms with Gasteiger partial charge in [0.1, 0.15) is 11.9 Å². The topological polar surface area (TPSA) is 129 Å². The summed E-state index contributed by atoms with van der Waals surface area (Å²) in [5.74, 6) is -1.54. The van der Waals surface area contributed by atoms with E-state index < -0.39 is 41.8 Å². The van der Waals surface area contributed by atoms with E-state index in [0.29, 0.717) is 11.1 Å². The molecule has 1 unspecified atom stereocenters. The smallest absolute Gasteiger partial charge is 0.406 e. The molecule has 2 atom stereocenters. The highest BCUT2D eigenvalue weighted by atomic mass is 19.4. The number of aromatic nitrogens is 4. The molecule has 0 saturated carbocycles. The van der Waals surface area contributed by atoms with E-state index in [1.54, 1.807) is 24.3 Å². The molecule has 2 amide bonds. The minimum absolute atomic E-state index is 0.0398. The van der Waals surface area contributed by atoms with E-state index in [0.717, 1.165) is 16.8 Å². The molecule has 2 heterocycles. The molecule has 44 heavy (non-hydrogen) atoms. The first-order chi connectivity index (χ1) is 21.0. The van der Waals surface area contributed by atoms with E-state index in [2.05, 4.69) is 25.7 Å². The summed E-state index contributed by atoms with van der Waals surface area (Å²) in [7, 11) is 1.40. The average Bonchev–Trinajstić information content (AvgIpc) is 3.44. The van der Waals surface area contributed by atoms with Crippen LogP contribution in [0.5, 0.6) is 5.75 Å². The molecule has 4 aromatic rings. The number of amides is 2. The van der Waals surface area contributed by atoms with Crippen LogP contribution in [0, 0.1) is 0 Å². The molecule has 0 aliphatic carbocycles. The average molecular weight is 617 g/mol. The van der Waals surface area contributed by atoms with E-state index in [4.69, 9.17) is 4.74 Å². The lowest BCUT2D eigenvalue weighted by atomic mass is 10.1. The number of pyridine rings is 1. The predicted molar refractivity (Wildman–Crippen MR) is 149 cm³/mol. The van der Waals surface area contributed by atoms with Gasteiger partial charge in [-0.3, -0.25) is 14.4 Å². The summed E-state index contributed by atoms with van der Waals surface area (Å²) in [6.45, 7) is -0.306. The van der Waals surface area contributed by atoms with Gasteiger partial charge in [-0.15, -0.1) is 18.3 Å². The quantitative estimate of drug-likeness (QED) is 0.217. The number of carbonyl (C=O) groups is 2. The van der Waals surface area contributed by atoms with Crippen molar-refractivity contribution in [1.29, 1.82) is 0 Å². The Hall–Kier alpha value is -5.05. The van der Waals surface area contributed by atoms with Crippen LogP contribution in [0.1, 0.15) is 34.1 Å². The van der Waals surface area contributed by atoms with Crippen LogP contribution in [0.2, 0.25) is 0 Å². The monoisotopic (exact) mass is 616 g/mol. The van der Waals surface area contributed by atoms with Gasteiger partial charge in [0, 0.05) is 38.1 Å². The van der Waals surface area contributed by atoms with Crippen LogP contribution in [0.4, 0.5) is 23.2 Å². The molecular weight excluding hydrogens is 588 g/mol. The third-order valence-corrected chi connectivity index (χ3v) is 6.26. The molecule has 0 radical (unpaired) electrons. The van der Waals surface area contributed by atoms with Crippen molar-refractivity contribution < 1.29 is 36.6 Å². The summed E-state index contributed by atoms with van der Waals surface area (Å²) < 4.78 is 63.6. The summed E-state index contributed by atoms with van der Waals surface area (Å²) in [6.07, 6.45) is -4.53. The highest BCUT2D eigenvalue weighted by Crippen LogP contribution is 2.23. The molecule has 0 aliphatic heterocycles. The van der Waals surface area contributed by atoms with Crippen molar-refractivity contribution in [1.82, 2.24) is 24.9 Å². The number of anilines is 1. The first-order valence-corrected chi connectivity index (χ1v) is 13.3. The first-order valence-electron chi connectivity index (χ1n) is 13.3. The fourth-order valence-electron chi connectivity index (χ4n) is 4.19. The Bertz CT molecular complexity index is 1630. The Kier molecular flexibility index (Phi) is 10.4. The number of nitrogens with zero attached hydrogens (tertiary/aromatic N) is 4. The normalized spacial score (nSPS) is 12.8. The number of benzene rings is 2. The van der Waals surface area contributed by atoms with Gasteiger partial charge in [0.2, 0.25) is 0 Å². The molecule has 0 saturated heterocycles. The third kappa shape index (κ3) is 9.22. The van der Waals surface area contributed by atoms with Crippen LogP contribution >= 0.6 is 0 Å².